The molecule has 1 heterocycles. The standard InChI is InChI=1S/C13H22N2OS2.ClH/c1-13(2,11-5-4-7-18-11)9-15-12(16)10(14)6-8-17-3;/h4-5,7,10H,6,8-9,14H2,1-3H3,(H,15,16);1H/t10-;/m0./s1. The molecule has 0 fully saturated rings. The third kappa shape index (κ3) is 6.17. The molecule has 0 aliphatic rings. The molecular weight excluding hydrogens is 300 g/mol. The minimum atomic E-state index is -0.392. The van der Waals surface area contributed by atoms with Crippen LogP contribution < -0.4 is 11.1 Å². The molecule has 19 heavy (non-hydrogen) atoms. The minimum Gasteiger partial charge on any atom is -0.354 e. The summed E-state index contributed by atoms with van der Waals surface area (Å²) in [5.74, 6) is 0.872. The van der Waals surface area contributed by atoms with Crippen LogP contribution in [0.25, 0.3) is 0 Å². The van der Waals surface area contributed by atoms with E-state index in [4.69, 9.17) is 5.73 Å². The highest BCUT2D eigenvalue weighted by molar-refractivity contribution is 7.98. The first-order chi connectivity index (χ1) is 8.47. The van der Waals surface area contributed by atoms with Crippen molar-refractivity contribution in [3.8, 4) is 0 Å². The van der Waals surface area contributed by atoms with Gasteiger partial charge in [-0.2, -0.15) is 11.8 Å². The second kappa shape index (κ2) is 8.84. The summed E-state index contributed by atoms with van der Waals surface area (Å²) in [6.45, 7) is 4.89. The molecule has 0 saturated carbocycles. The van der Waals surface area contributed by atoms with Gasteiger partial charge in [-0.15, -0.1) is 23.7 Å². The number of hydrogen-bond donors (Lipinski definition) is 2. The second-order valence-corrected chi connectivity index (χ2v) is 6.90. The van der Waals surface area contributed by atoms with Crippen molar-refractivity contribution in [2.75, 3.05) is 18.6 Å². The number of hydrogen-bond acceptors (Lipinski definition) is 4. The Morgan fingerprint density at radius 3 is 2.79 bits per heavy atom. The van der Waals surface area contributed by atoms with Crippen molar-refractivity contribution in [3.05, 3.63) is 22.4 Å². The lowest BCUT2D eigenvalue weighted by atomic mass is 9.91. The van der Waals surface area contributed by atoms with E-state index in [0.717, 1.165) is 12.2 Å². The fourth-order valence-electron chi connectivity index (χ4n) is 1.57. The maximum atomic E-state index is 11.8. The van der Waals surface area contributed by atoms with Gasteiger partial charge in [-0.1, -0.05) is 19.9 Å². The normalized spacial score (nSPS) is 12.6. The van der Waals surface area contributed by atoms with E-state index in [1.54, 1.807) is 23.1 Å². The lowest BCUT2D eigenvalue weighted by molar-refractivity contribution is -0.122. The predicted molar refractivity (Wildman–Crippen MR) is 88.6 cm³/mol. The summed E-state index contributed by atoms with van der Waals surface area (Å²) in [6, 6.07) is 3.75. The number of nitrogens with two attached hydrogens (primary N) is 1. The van der Waals surface area contributed by atoms with Crippen molar-refractivity contribution >= 4 is 41.4 Å². The Morgan fingerprint density at radius 2 is 2.26 bits per heavy atom. The molecule has 1 aromatic rings. The second-order valence-electron chi connectivity index (χ2n) is 4.97. The van der Waals surface area contributed by atoms with Crippen LogP contribution in [0.3, 0.4) is 0 Å². The fraction of sp³-hybridized carbons (Fsp3) is 0.615. The smallest absolute Gasteiger partial charge is 0.236 e. The molecule has 1 atom stereocenters. The van der Waals surface area contributed by atoms with Gasteiger partial charge in [0.1, 0.15) is 0 Å². The average Bonchev–Trinajstić information content (AvgIpc) is 2.87. The van der Waals surface area contributed by atoms with E-state index < -0.39 is 6.04 Å². The molecule has 0 aliphatic carbocycles. The van der Waals surface area contributed by atoms with Crippen molar-refractivity contribution in [1.82, 2.24) is 5.32 Å². The lowest BCUT2D eigenvalue weighted by Crippen LogP contribution is -2.45. The molecule has 0 saturated heterocycles. The van der Waals surface area contributed by atoms with Crippen LogP contribution in [-0.2, 0) is 10.2 Å². The number of carbonyl (C=O) groups excluding carboxylic acids is 1. The molecule has 0 unspecified atom stereocenters. The monoisotopic (exact) mass is 322 g/mol. The molecule has 6 heteroatoms. The first-order valence-corrected chi connectivity index (χ1v) is 8.31. The highest BCUT2D eigenvalue weighted by Gasteiger charge is 2.23. The molecule has 1 amide bonds. The summed E-state index contributed by atoms with van der Waals surface area (Å²) in [5.41, 5.74) is 5.79. The van der Waals surface area contributed by atoms with Gasteiger partial charge in [0, 0.05) is 16.8 Å². The van der Waals surface area contributed by atoms with E-state index in [1.807, 2.05) is 12.3 Å². The van der Waals surface area contributed by atoms with Crippen LogP contribution in [0.5, 0.6) is 0 Å². The van der Waals surface area contributed by atoms with Gasteiger partial charge in [-0.3, -0.25) is 4.79 Å². The zero-order chi connectivity index (χ0) is 13.6. The van der Waals surface area contributed by atoms with Gasteiger partial charge in [-0.05, 0) is 29.9 Å². The highest BCUT2D eigenvalue weighted by atomic mass is 35.5. The van der Waals surface area contributed by atoms with E-state index in [2.05, 4.69) is 30.6 Å². The van der Waals surface area contributed by atoms with Crippen LogP contribution in [-0.4, -0.2) is 30.5 Å². The Morgan fingerprint density at radius 1 is 1.58 bits per heavy atom. The van der Waals surface area contributed by atoms with Crippen molar-refractivity contribution in [2.45, 2.75) is 31.7 Å². The quantitative estimate of drug-likeness (QED) is 0.811. The Labute approximate surface area is 130 Å². The Hall–Kier alpha value is -0.230. The molecule has 0 aliphatic heterocycles. The van der Waals surface area contributed by atoms with Gasteiger partial charge < -0.3 is 11.1 Å². The number of carbonyl (C=O) groups is 1. The summed E-state index contributed by atoms with van der Waals surface area (Å²) in [6.07, 6.45) is 2.75. The Balaban J connectivity index is 0.00000324. The van der Waals surface area contributed by atoms with Crippen molar-refractivity contribution < 1.29 is 4.79 Å². The molecule has 0 radical (unpaired) electrons. The molecule has 0 bridgehead atoms. The summed E-state index contributed by atoms with van der Waals surface area (Å²) in [7, 11) is 0. The van der Waals surface area contributed by atoms with Crippen LogP contribution in [0.4, 0.5) is 0 Å². The average molecular weight is 323 g/mol. The minimum absolute atomic E-state index is 0. The van der Waals surface area contributed by atoms with Gasteiger partial charge in [-0.25, -0.2) is 0 Å². The van der Waals surface area contributed by atoms with Crippen LogP contribution >= 0.6 is 35.5 Å². The SMILES string of the molecule is CSCC[C@H](N)C(=O)NCC(C)(C)c1cccs1.Cl. The number of amides is 1. The number of thioether (sulfide) groups is 1. The van der Waals surface area contributed by atoms with E-state index >= 15 is 0 Å². The van der Waals surface area contributed by atoms with Crippen molar-refractivity contribution in [3.63, 3.8) is 0 Å². The van der Waals surface area contributed by atoms with Crippen LogP contribution in [0, 0.1) is 0 Å². The molecule has 0 aromatic carbocycles. The zero-order valence-corrected chi connectivity index (χ0v) is 14.1. The third-order valence-corrected chi connectivity index (χ3v) is 4.74. The van der Waals surface area contributed by atoms with Gasteiger partial charge in [0.25, 0.3) is 0 Å². The van der Waals surface area contributed by atoms with E-state index in [0.29, 0.717) is 6.54 Å². The van der Waals surface area contributed by atoms with Crippen molar-refractivity contribution in [1.29, 1.82) is 0 Å². The lowest BCUT2D eigenvalue weighted by Gasteiger charge is -2.24. The van der Waals surface area contributed by atoms with Crippen molar-refractivity contribution in [2.24, 2.45) is 5.73 Å². The van der Waals surface area contributed by atoms with E-state index in [1.165, 1.54) is 4.88 Å². The summed E-state index contributed by atoms with van der Waals surface area (Å²) < 4.78 is 0. The summed E-state index contributed by atoms with van der Waals surface area (Å²) >= 11 is 3.43. The molecule has 1 rings (SSSR count). The Kier molecular flexibility index (Phi) is 8.74. The maximum absolute atomic E-state index is 11.8. The van der Waals surface area contributed by atoms with Crippen LogP contribution in [0.1, 0.15) is 25.1 Å². The Bertz CT molecular complexity index is 369. The van der Waals surface area contributed by atoms with E-state index in [-0.39, 0.29) is 23.7 Å². The third-order valence-electron chi connectivity index (χ3n) is 2.86. The number of thiophene rings is 1. The van der Waals surface area contributed by atoms with Gasteiger partial charge in [0.15, 0.2) is 0 Å². The first kappa shape index (κ1) is 18.8. The molecule has 110 valence electrons. The van der Waals surface area contributed by atoms with Gasteiger partial charge in [0.2, 0.25) is 5.91 Å². The number of halogens is 1. The topological polar surface area (TPSA) is 55.1 Å². The number of nitrogens with one attached hydrogen (secondary N) is 1. The summed E-state index contributed by atoms with van der Waals surface area (Å²) in [5, 5.41) is 5.01. The molecule has 3 N–H and O–H groups in total. The summed E-state index contributed by atoms with van der Waals surface area (Å²) in [4.78, 5) is 13.1. The zero-order valence-electron chi connectivity index (χ0n) is 11.6. The van der Waals surface area contributed by atoms with Gasteiger partial charge >= 0.3 is 0 Å². The largest absolute Gasteiger partial charge is 0.354 e. The molecule has 0 spiro atoms. The number of rotatable bonds is 7. The van der Waals surface area contributed by atoms with Crippen LogP contribution in [0.15, 0.2) is 17.5 Å². The molecular formula is C13H23ClN2OS2. The predicted octanol–water partition coefficient (Wildman–Crippen LogP) is 2.64. The fourth-order valence-corrected chi connectivity index (χ4v) is 2.91. The van der Waals surface area contributed by atoms with Crippen LogP contribution in [0.2, 0.25) is 0 Å². The highest BCUT2D eigenvalue weighted by Crippen LogP contribution is 2.26. The van der Waals surface area contributed by atoms with E-state index in [9.17, 15) is 4.79 Å². The molecule has 1 aromatic heterocycles. The maximum Gasteiger partial charge on any atom is 0.236 e. The molecule has 3 nitrogen and oxygen atoms in total. The first-order valence-electron chi connectivity index (χ1n) is 6.03. The van der Waals surface area contributed by atoms with Gasteiger partial charge in [0.05, 0.1) is 6.04 Å².